The number of aliphatic hydroxyl groups is 5. The summed E-state index contributed by atoms with van der Waals surface area (Å²) in [5, 5.41) is 63.7. The normalized spacial score (nSPS) is 31.5. The third-order valence-electron chi connectivity index (χ3n) is 6.68. The fourth-order valence-corrected chi connectivity index (χ4v) is 4.61. The smallest absolute Gasteiger partial charge is 0.303 e. The minimum absolute atomic E-state index is 0.590. The van der Waals surface area contributed by atoms with E-state index in [0.717, 1.165) is 71.6 Å². The zero-order chi connectivity index (χ0) is 27.5. The lowest BCUT2D eigenvalue weighted by atomic mass is 9.99. The maximum atomic E-state index is 11.5. The van der Waals surface area contributed by atoms with Crippen molar-refractivity contribution in [3.05, 3.63) is 0 Å². The van der Waals surface area contributed by atoms with Crippen molar-refractivity contribution >= 4 is 18.4 Å². The average Bonchev–Trinajstić information content (AvgIpc) is 2.93. The van der Waals surface area contributed by atoms with Gasteiger partial charge in [0.05, 0.1) is 25.6 Å². The summed E-state index contributed by atoms with van der Waals surface area (Å²) in [6.45, 7) is 2.91. The number of hydrogen-bond acceptors (Lipinski definition) is 14. The zero-order valence-electron chi connectivity index (χ0n) is 21.8. The first kappa shape index (κ1) is 30.6. The zero-order valence-corrected chi connectivity index (χ0v) is 21.8. The molecule has 3 rings (SSSR count). The first-order valence-corrected chi connectivity index (χ1v) is 13.3. The lowest BCUT2D eigenvalue weighted by molar-refractivity contribution is -0.315. The Morgan fingerprint density at radius 2 is 1.55 bits per heavy atom. The molecule has 0 aromatic heterocycles. The van der Waals surface area contributed by atoms with E-state index < -0.39 is 68.4 Å². The van der Waals surface area contributed by atoms with Gasteiger partial charge < -0.3 is 44.5 Å². The van der Waals surface area contributed by atoms with Gasteiger partial charge in [0.25, 0.3) is 0 Å². The number of piperidine rings is 2. The Kier molecular flexibility index (Phi) is 12.6. The van der Waals surface area contributed by atoms with Gasteiger partial charge in [-0.25, -0.2) is 0 Å². The molecule has 218 valence electrons. The summed E-state index contributed by atoms with van der Waals surface area (Å²) in [7, 11) is 0. The van der Waals surface area contributed by atoms with Gasteiger partial charge in [-0.15, -0.1) is 0 Å². The molecule has 0 aromatic rings. The van der Waals surface area contributed by atoms with Crippen LogP contribution in [0.3, 0.4) is 0 Å². The molecule has 5 N–H and O–H groups in total. The van der Waals surface area contributed by atoms with Crippen molar-refractivity contribution in [2.24, 2.45) is 10.2 Å². The van der Waals surface area contributed by atoms with Crippen molar-refractivity contribution in [2.45, 2.75) is 94.7 Å². The molecule has 38 heavy (non-hydrogen) atoms. The van der Waals surface area contributed by atoms with Gasteiger partial charge in [-0.1, -0.05) is 0 Å². The van der Waals surface area contributed by atoms with Gasteiger partial charge in [0, 0.05) is 33.1 Å². The molecule has 0 radical (unpaired) electrons. The minimum atomic E-state index is -1.63. The van der Waals surface area contributed by atoms with E-state index in [1.807, 2.05) is 10.0 Å². The second-order valence-corrected chi connectivity index (χ2v) is 9.69. The number of rotatable bonds is 12. The Labute approximate surface area is 222 Å². The molecule has 0 bridgehead atoms. The van der Waals surface area contributed by atoms with Gasteiger partial charge in [-0.2, -0.15) is 10.2 Å². The summed E-state index contributed by atoms with van der Waals surface area (Å²) in [6.07, 6.45) is -2.24. The van der Waals surface area contributed by atoms with E-state index in [2.05, 4.69) is 10.2 Å². The van der Waals surface area contributed by atoms with E-state index in [-0.39, 0.29) is 0 Å². The molecule has 0 aromatic carbocycles. The van der Waals surface area contributed by atoms with E-state index in [1.54, 1.807) is 0 Å². The highest BCUT2D eigenvalue weighted by atomic mass is 16.7. The van der Waals surface area contributed by atoms with Gasteiger partial charge in [0.15, 0.2) is 18.7 Å². The molecule has 3 heterocycles. The third kappa shape index (κ3) is 9.09. The number of esters is 1. The largest absolute Gasteiger partial charge is 0.457 e. The Morgan fingerprint density at radius 3 is 2.08 bits per heavy atom. The van der Waals surface area contributed by atoms with Gasteiger partial charge in [-0.3, -0.25) is 14.8 Å². The lowest BCUT2D eigenvalue weighted by Crippen LogP contribution is -2.61. The number of hydrogen-bond donors (Lipinski definition) is 5. The molecule has 14 heteroatoms. The van der Waals surface area contributed by atoms with Crippen LogP contribution in [0.5, 0.6) is 0 Å². The standard InChI is InChI=1S/C24H42N4O10/c1-16(31)35-23-21(33)19(15-30)38-24(22(23)34)37-17(12-25-27-8-4-2-5-9-27)18(14-29)36-20(32)13-26-28-10-6-3-7-11-28/h12-13,17-24,29-30,32-34H,2-11,14-15H2,1H3/b25-12+,26-13-/t17-,18-,19-,20+,21+,22-,23+,24-/m1/s1. The Bertz CT molecular complexity index is 762. The molecule has 0 amide bonds. The molecule has 3 fully saturated rings. The van der Waals surface area contributed by atoms with Crippen LogP contribution >= 0.6 is 0 Å². The van der Waals surface area contributed by atoms with Crippen LogP contribution in [0.2, 0.25) is 0 Å². The van der Waals surface area contributed by atoms with Crippen LogP contribution in [0.1, 0.15) is 45.4 Å². The predicted octanol–water partition coefficient (Wildman–Crippen LogP) is -1.62. The summed E-state index contributed by atoms with van der Waals surface area (Å²) in [5.41, 5.74) is 0. The minimum Gasteiger partial charge on any atom is -0.457 e. The SMILES string of the molecule is CC(=O)O[C@H]1[C@@H](O)[C@@H](CO)O[C@@H](O[C@H](/C=N/N2CCCCC2)[C@@H](CO)O[C@H](O)/C=N\N2CCCCC2)[C@@H]1O. The maximum Gasteiger partial charge on any atom is 0.303 e. The molecule has 3 aliphatic rings. The number of carbonyl (C=O) groups is 1. The maximum absolute atomic E-state index is 11.5. The first-order chi connectivity index (χ1) is 18.3. The molecule has 14 nitrogen and oxygen atoms in total. The summed E-state index contributed by atoms with van der Waals surface area (Å²) in [4.78, 5) is 11.5. The Morgan fingerprint density at radius 1 is 0.974 bits per heavy atom. The number of ether oxygens (including phenoxy) is 4. The van der Waals surface area contributed by atoms with Crippen molar-refractivity contribution in [3.63, 3.8) is 0 Å². The van der Waals surface area contributed by atoms with Crippen LogP contribution in [0.4, 0.5) is 0 Å². The second-order valence-electron chi connectivity index (χ2n) is 9.69. The van der Waals surface area contributed by atoms with Gasteiger partial charge >= 0.3 is 5.97 Å². The quantitative estimate of drug-likeness (QED) is 0.107. The van der Waals surface area contributed by atoms with Crippen molar-refractivity contribution < 1.29 is 49.3 Å². The molecule has 8 atom stereocenters. The van der Waals surface area contributed by atoms with Crippen LogP contribution in [0.15, 0.2) is 10.2 Å². The highest BCUT2D eigenvalue weighted by molar-refractivity contribution is 5.66. The van der Waals surface area contributed by atoms with Crippen LogP contribution in [0.25, 0.3) is 0 Å². The van der Waals surface area contributed by atoms with Crippen molar-refractivity contribution in [1.82, 2.24) is 10.0 Å². The fourth-order valence-electron chi connectivity index (χ4n) is 4.61. The predicted molar refractivity (Wildman–Crippen MR) is 134 cm³/mol. The Hall–Kier alpha value is -1.91. The summed E-state index contributed by atoms with van der Waals surface area (Å²) in [5.74, 6) is -0.749. The van der Waals surface area contributed by atoms with Crippen LogP contribution in [0, 0.1) is 0 Å². The second kappa shape index (κ2) is 15.6. The van der Waals surface area contributed by atoms with Crippen LogP contribution in [-0.2, 0) is 23.7 Å². The van der Waals surface area contributed by atoms with E-state index in [0.29, 0.717) is 0 Å². The molecule has 0 aliphatic carbocycles. The van der Waals surface area contributed by atoms with E-state index in [4.69, 9.17) is 18.9 Å². The lowest BCUT2D eigenvalue weighted by Gasteiger charge is -2.42. The average molecular weight is 547 g/mol. The molecule has 0 saturated carbocycles. The monoisotopic (exact) mass is 546 g/mol. The van der Waals surface area contributed by atoms with Crippen molar-refractivity contribution in [3.8, 4) is 0 Å². The topological polar surface area (TPSA) is 186 Å². The van der Waals surface area contributed by atoms with Crippen molar-refractivity contribution in [1.29, 1.82) is 0 Å². The molecule has 3 aliphatic heterocycles. The fraction of sp³-hybridized carbons (Fsp3) is 0.875. The Balaban J connectivity index is 1.75. The number of carbonyl (C=O) groups excluding carboxylic acids is 1. The van der Waals surface area contributed by atoms with E-state index in [1.165, 1.54) is 12.4 Å². The molecular weight excluding hydrogens is 504 g/mol. The van der Waals surface area contributed by atoms with E-state index >= 15 is 0 Å². The number of hydrazone groups is 2. The van der Waals surface area contributed by atoms with Gasteiger partial charge in [0.1, 0.15) is 30.5 Å². The molecule has 0 unspecified atom stereocenters. The van der Waals surface area contributed by atoms with E-state index in [9.17, 15) is 30.3 Å². The van der Waals surface area contributed by atoms with Crippen molar-refractivity contribution in [2.75, 3.05) is 39.4 Å². The van der Waals surface area contributed by atoms with Crippen LogP contribution < -0.4 is 0 Å². The molecule has 0 spiro atoms. The molecule has 3 saturated heterocycles. The summed E-state index contributed by atoms with van der Waals surface area (Å²) >= 11 is 0. The van der Waals surface area contributed by atoms with Gasteiger partial charge in [-0.05, 0) is 38.5 Å². The van der Waals surface area contributed by atoms with Crippen LogP contribution in [-0.4, -0.2) is 143 Å². The summed E-state index contributed by atoms with van der Waals surface area (Å²) < 4.78 is 22.1. The molecular formula is C24H42N4O10. The number of aliphatic hydroxyl groups excluding tert-OH is 5. The number of nitrogens with zero attached hydrogens (tertiary/aromatic N) is 4. The third-order valence-corrected chi connectivity index (χ3v) is 6.68. The highest BCUT2D eigenvalue weighted by Crippen LogP contribution is 2.26. The van der Waals surface area contributed by atoms with Gasteiger partial charge in [0.2, 0.25) is 0 Å². The highest BCUT2D eigenvalue weighted by Gasteiger charge is 2.48. The first-order valence-electron chi connectivity index (χ1n) is 13.3. The summed E-state index contributed by atoms with van der Waals surface area (Å²) in [6, 6.07) is 0.